The summed E-state index contributed by atoms with van der Waals surface area (Å²) in [6.07, 6.45) is 1.78. The van der Waals surface area contributed by atoms with Crippen molar-refractivity contribution in [3.05, 3.63) is 27.5 Å². The Morgan fingerprint density at radius 2 is 2.47 bits per heavy atom. The van der Waals surface area contributed by atoms with Crippen LogP contribution in [0.15, 0.2) is 16.7 Å². The molecule has 0 fully saturated rings. The normalized spacial score (nSPS) is 9.40. The Morgan fingerprint density at radius 3 is 3.13 bits per heavy atom. The van der Waals surface area contributed by atoms with Gasteiger partial charge in [0.05, 0.1) is 18.1 Å². The average Bonchev–Trinajstić information content (AvgIpc) is 2.22. The molecule has 1 heterocycles. The third-order valence-electron chi connectivity index (χ3n) is 1.57. The van der Waals surface area contributed by atoms with Gasteiger partial charge < -0.3 is 5.32 Å². The molecule has 0 aromatic carbocycles. The van der Waals surface area contributed by atoms with Gasteiger partial charge in [-0.25, -0.2) is 4.98 Å². The van der Waals surface area contributed by atoms with Crippen LogP contribution in [-0.4, -0.2) is 17.4 Å². The number of rotatable bonds is 3. The molecule has 0 atom stereocenters. The third-order valence-corrected chi connectivity index (χ3v) is 2.31. The summed E-state index contributed by atoms with van der Waals surface area (Å²) in [7, 11) is 0. The van der Waals surface area contributed by atoms with Crippen molar-refractivity contribution in [2.45, 2.75) is 6.42 Å². The van der Waals surface area contributed by atoms with Crippen LogP contribution in [0.5, 0.6) is 0 Å². The molecule has 0 saturated carbocycles. The fourth-order valence-corrected chi connectivity index (χ4v) is 1.43. The molecule has 0 radical (unpaired) electrons. The minimum Gasteiger partial charge on any atom is -0.351 e. The van der Waals surface area contributed by atoms with Crippen molar-refractivity contribution in [3.8, 4) is 6.07 Å². The molecule has 78 valence electrons. The minimum atomic E-state index is -0.330. The van der Waals surface area contributed by atoms with E-state index in [9.17, 15) is 4.79 Å². The van der Waals surface area contributed by atoms with Crippen LogP contribution in [0.2, 0.25) is 5.15 Å². The summed E-state index contributed by atoms with van der Waals surface area (Å²) >= 11 is 8.94. The maximum Gasteiger partial charge on any atom is 0.254 e. The lowest BCUT2D eigenvalue weighted by molar-refractivity contribution is 0.0954. The van der Waals surface area contributed by atoms with E-state index in [1.54, 1.807) is 6.07 Å². The smallest absolute Gasteiger partial charge is 0.254 e. The van der Waals surface area contributed by atoms with Gasteiger partial charge >= 0.3 is 0 Å². The Hall–Kier alpha value is -1.12. The van der Waals surface area contributed by atoms with Crippen LogP contribution in [0.1, 0.15) is 16.8 Å². The van der Waals surface area contributed by atoms with E-state index in [1.165, 1.54) is 6.20 Å². The number of aromatic nitrogens is 1. The van der Waals surface area contributed by atoms with E-state index in [0.717, 1.165) is 0 Å². The summed E-state index contributed by atoms with van der Waals surface area (Å²) in [6.45, 7) is 0.304. The highest BCUT2D eigenvalue weighted by Crippen LogP contribution is 2.17. The van der Waals surface area contributed by atoms with Gasteiger partial charge in [0.15, 0.2) is 0 Å². The predicted molar refractivity (Wildman–Crippen MR) is 59.5 cm³/mol. The molecule has 0 aliphatic rings. The molecular formula is C9H7BrClN3O. The number of nitrogens with one attached hydrogen (secondary N) is 1. The highest BCUT2D eigenvalue weighted by Gasteiger charge is 2.10. The fraction of sp³-hybridized carbons (Fsp3) is 0.222. The summed E-state index contributed by atoms with van der Waals surface area (Å²) in [5.41, 5.74) is 0.295. The molecule has 0 aliphatic heterocycles. The van der Waals surface area contributed by atoms with Crippen LogP contribution < -0.4 is 5.32 Å². The van der Waals surface area contributed by atoms with Gasteiger partial charge in [0, 0.05) is 17.2 Å². The quantitative estimate of drug-likeness (QED) is 0.684. The first-order chi connectivity index (χ1) is 7.15. The Labute approximate surface area is 100 Å². The molecule has 15 heavy (non-hydrogen) atoms. The van der Waals surface area contributed by atoms with Crippen molar-refractivity contribution in [2.75, 3.05) is 6.54 Å². The Bertz CT molecular complexity index is 416. The van der Waals surface area contributed by atoms with E-state index in [2.05, 4.69) is 26.2 Å². The summed E-state index contributed by atoms with van der Waals surface area (Å²) in [5, 5.41) is 11.0. The van der Waals surface area contributed by atoms with Crippen molar-refractivity contribution in [2.24, 2.45) is 0 Å². The summed E-state index contributed by atoms with van der Waals surface area (Å²) in [4.78, 5) is 15.3. The average molecular weight is 289 g/mol. The zero-order chi connectivity index (χ0) is 11.3. The molecule has 4 nitrogen and oxygen atoms in total. The van der Waals surface area contributed by atoms with Crippen LogP contribution in [0, 0.1) is 11.3 Å². The lowest BCUT2D eigenvalue weighted by Gasteiger charge is -2.04. The van der Waals surface area contributed by atoms with Crippen LogP contribution in [0.25, 0.3) is 0 Å². The van der Waals surface area contributed by atoms with E-state index in [4.69, 9.17) is 16.9 Å². The second-order valence-electron chi connectivity index (χ2n) is 2.66. The number of amides is 1. The van der Waals surface area contributed by atoms with E-state index in [1.807, 2.05) is 6.07 Å². The van der Waals surface area contributed by atoms with Crippen molar-refractivity contribution < 1.29 is 4.79 Å². The topological polar surface area (TPSA) is 65.8 Å². The maximum atomic E-state index is 11.5. The number of pyridine rings is 1. The highest BCUT2D eigenvalue weighted by molar-refractivity contribution is 9.10. The zero-order valence-electron chi connectivity index (χ0n) is 7.63. The van der Waals surface area contributed by atoms with E-state index in [-0.39, 0.29) is 17.5 Å². The zero-order valence-corrected chi connectivity index (χ0v) is 9.97. The first-order valence-corrected chi connectivity index (χ1v) is 5.28. The first-order valence-electron chi connectivity index (χ1n) is 4.11. The predicted octanol–water partition coefficient (Wildman–Crippen LogP) is 2.14. The van der Waals surface area contributed by atoms with E-state index < -0.39 is 0 Å². The van der Waals surface area contributed by atoms with Crippen LogP contribution >= 0.6 is 27.5 Å². The van der Waals surface area contributed by atoms with Gasteiger partial charge in [-0.2, -0.15) is 5.26 Å². The van der Waals surface area contributed by atoms with E-state index in [0.29, 0.717) is 16.6 Å². The molecule has 0 saturated heterocycles. The summed E-state index contributed by atoms with van der Waals surface area (Å²) < 4.78 is 0.678. The highest BCUT2D eigenvalue weighted by atomic mass is 79.9. The van der Waals surface area contributed by atoms with Gasteiger partial charge in [-0.1, -0.05) is 11.6 Å². The second-order valence-corrected chi connectivity index (χ2v) is 3.93. The Kier molecular flexibility index (Phi) is 4.53. The minimum absolute atomic E-state index is 0.146. The monoisotopic (exact) mass is 287 g/mol. The number of hydrogen-bond donors (Lipinski definition) is 1. The van der Waals surface area contributed by atoms with Gasteiger partial charge in [0.2, 0.25) is 0 Å². The van der Waals surface area contributed by atoms with E-state index >= 15 is 0 Å². The number of carbonyl (C=O) groups is 1. The second kappa shape index (κ2) is 5.69. The molecule has 0 unspecified atom stereocenters. The SMILES string of the molecule is N#CCCNC(=O)c1cc(Br)cnc1Cl. The number of nitriles is 1. The van der Waals surface area contributed by atoms with Gasteiger partial charge in [-0.3, -0.25) is 4.79 Å². The lowest BCUT2D eigenvalue weighted by Crippen LogP contribution is -2.24. The molecule has 1 amide bonds. The number of carbonyl (C=O) groups excluding carboxylic acids is 1. The van der Waals surface area contributed by atoms with Crippen LogP contribution in [0.3, 0.4) is 0 Å². The molecule has 6 heteroatoms. The van der Waals surface area contributed by atoms with Crippen molar-refractivity contribution in [1.82, 2.24) is 10.3 Å². The Balaban J connectivity index is 2.73. The van der Waals surface area contributed by atoms with Gasteiger partial charge in [0.25, 0.3) is 5.91 Å². The van der Waals surface area contributed by atoms with Crippen molar-refractivity contribution in [1.29, 1.82) is 5.26 Å². The summed E-state index contributed by atoms with van der Waals surface area (Å²) in [5.74, 6) is -0.330. The molecule has 1 aromatic heterocycles. The van der Waals surface area contributed by atoms with Gasteiger partial charge in [-0.15, -0.1) is 0 Å². The fourth-order valence-electron chi connectivity index (χ4n) is 0.909. The number of halogens is 2. The van der Waals surface area contributed by atoms with Crippen molar-refractivity contribution in [3.63, 3.8) is 0 Å². The molecule has 1 aromatic rings. The lowest BCUT2D eigenvalue weighted by atomic mass is 10.2. The molecule has 1 N–H and O–H groups in total. The standard InChI is InChI=1S/C9H7BrClN3O/c10-6-4-7(8(11)14-5-6)9(15)13-3-1-2-12/h4-5H,1,3H2,(H,13,15). The van der Waals surface area contributed by atoms with Gasteiger partial charge in [0.1, 0.15) is 5.15 Å². The maximum absolute atomic E-state index is 11.5. The summed E-state index contributed by atoms with van der Waals surface area (Å²) in [6, 6.07) is 3.51. The largest absolute Gasteiger partial charge is 0.351 e. The van der Waals surface area contributed by atoms with Crippen LogP contribution in [-0.2, 0) is 0 Å². The van der Waals surface area contributed by atoms with Crippen LogP contribution in [0.4, 0.5) is 0 Å². The third kappa shape index (κ3) is 3.50. The number of nitrogens with zero attached hydrogens (tertiary/aromatic N) is 2. The number of hydrogen-bond acceptors (Lipinski definition) is 3. The molecule has 1 rings (SSSR count). The Morgan fingerprint density at radius 1 is 1.73 bits per heavy atom. The molecule has 0 spiro atoms. The molecular weight excluding hydrogens is 281 g/mol. The van der Waals surface area contributed by atoms with Gasteiger partial charge in [-0.05, 0) is 22.0 Å². The molecule has 0 aliphatic carbocycles. The van der Waals surface area contributed by atoms with Crippen molar-refractivity contribution >= 4 is 33.4 Å². The molecule has 0 bridgehead atoms. The first kappa shape index (κ1) is 12.0.